The number of nitrogens with one attached hydrogen (secondary N) is 1. The lowest BCUT2D eigenvalue weighted by Crippen LogP contribution is -2.14. The Hall–Kier alpha value is -2.23. The molecule has 0 spiro atoms. The summed E-state index contributed by atoms with van der Waals surface area (Å²) in [6.45, 7) is 1.42. The molecule has 0 heterocycles. The van der Waals surface area contributed by atoms with Gasteiger partial charge >= 0.3 is 12.4 Å². The van der Waals surface area contributed by atoms with Gasteiger partial charge in [-0.05, 0) is 48.9 Å². The first-order valence-electron chi connectivity index (χ1n) is 7.35. The molecule has 146 valence electrons. The van der Waals surface area contributed by atoms with Crippen LogP contribution in [0, 0.1) is 12.7 Å². The number of aryl methyl sites for hydroxylation is 1. The van der Waals surface area contributed by atoms with Gasteiger partial charge in [-0.25, -0.2) is 4.39 Å². The second-order valence-electron chi connectivity index (χ2n) is 5.53. The maximum Gasteiger partial charge on any atom is 0.416 e. The molecule has 0 saturated heterocycles. The Morgan fingerprint density at radius 3 is 2.15 bits per heavy atom. The molecule has 1 amide bonds. The van der Waals surface area contributed by atoms with E-state index in [0.29, 0.717) is 23.9 Å². The zero-order valence-corrected chi connectivity index (χ0v) is 14.4. The molecular formula is C17H12F7NOS. The van der Waals surface area contributed by atoms with Crippen LogP contribution in [-0.4, -0.2) is 17.8 Å². The van der Waals surface area contributed by atoms with Crippen LogP contribution in [0.2, 0.25) is 0 Å². The highest BCUT2D eigenvalue weighted by molar-refractivity contribution is 7.99. The molecule has 0 fully saturated rings. The topological polar surface area (TPSA) is 29.1 Å². The molecule has 0 unspecified atom stereocenters. The third-order valence-corrected chi connectivity index (χ3v) is 4.60. The number of carbonyl (C=O) groups is 1. The van der Waals surface area contributed by atoms with Crippen molar-refractivity contribution in [1.82, 2.24) is 0 Å². The molecular weight excluding hydrogens is 399 g/mol. The molecule has 2 nitrogen and oxygen atoms in total. The summed E-state index contributed by atoms with van der Waals surface area (Å²) in [5, 5.41) is 2.16. The quantitative estimate of drug-likeness (QED) is 0.490. The molecule has 0 bridgehead atoms. The van der Waals surface area contributed by atoms with Gasteiger partial charge < -0.3 is 5.32 Å². The van der Waals surface area contributed by atoms with Crippen molar-refractivity contribution in [3.05, 3.63) is 58.9 Å². The van der Waals surface area contributed by atoms with Crippen LogP contribution in [0.4, 0.5) is 36.4 Å². The number of carbonyl (C=O) groups excluding carboxylic acids is 1. The van der Waals surface area contributed by atoms with E-state index in [4.69, 9.17) is 0 Å². The summed E-state index contributed by atoms with van der Waals surface area (Å²) in [4.78, 5) is 12.2. The fourth-order valence-electron chi connectivity index (χ4n) is 2.07. The zero-order valence-electron chi connectivity index (χ0n) is 13.6. The van der Waals surface area contributed by atoms with Crippen LogP contribution < -0.4 is 5.32 Å². The van der Waals surface area contributed by atoms with Crippen molar-refractivity contribution in [2.75, 3.05) is 11.1 Å². The first-order valence-corrected chi connectivity index (χ1v) is 8.34. The van der Waals surface area contributed by atoms with Crippen molar-refractivity contribution in [3.63, 3.8) is 0 Å². The Labute approximate surface area is 153 Å². The van der Waals surface area contributed by atoms with Gasteiger partial charge in [0, 0.05) is 10.5 Å². The van der Waals surface area contributed by atoms with E-state index in [2.05, 4.69) is 5.32 Å². The van der Waals surface area contributed by atoms with E-state index in [1.807, 2.05) is 0 Å². The Kier molecular flexibility index (Phi) is 6.08. The predicted molar refractivity (Wildman–Crippen MR) is 87.3 cm³/mol. The summed E-state index contributed by atoms with van der Waals surface area (Å²) in [6.07, 6.45) is -8.99. The lowest BCUT2D eigenvalue weighted by molar-refractivity contribution is -0.137. The average Bonchev–Trinajstić information content (AvgIpc) is 2.54. The van der Waals surface area contributed by atoms with Crippen LogP contribution in [0.5, 0.6) is 0 Å². The van der Waals surface area contributed by atoms with Gasteiger partial charge in [-0.3, -0.25) is 4.79 Å². The number of halogens is 7. The van der Waals surface area contributed by atoms with Gasteiger partial charge in [-0.1, -0.05) is 0 Å². The molecule has 27 heavy (non-hydrogen) atoms. The molecule has 0 aliphatic rings. The highest BCUT2D eigenvalue weighted by Gasteiger charge is 2.30. The summed E-state index contributed by atoms with van der Waals surface area (Å²) >= 11 is 0.436. The van der Waals surface area contributed by atoms with Crippen LogP contribution in [0.1, 0.15) is 21.5 Å². The molecule has 2 rings (SSSR count). The van der Waals surface area contributed by atoms with Gasteiger partial charge in [0.25, 0.3) is 5.91 Å². The standard InChI is InChI=1S/C17H12F7NOS/c1-9-6-12(18)13(7-14(9)27-8-16(19,20)21)25-15(26)10-2-4-11(5-3-10)17(22,23)24/h2-7H,8H2,1H3,(H,25,26). The summed E-state index contributed by atoms with van der Waals surface area (Å²) in [6, 6.07) is 5.27. The van der Waals surface area contributed by atoms with Crippen LogP contribution in [0.25, 0.3) is 0 Å². The number of hydrogen-bond donors (Lipinski definition) is 1. The first kappa shape index (κ1) is 21.1. The van der Waals surface area contributed by atoms with Gasteiger partial charge in [0.1, 0.15) is 5.82 Å². The number of alkyl halides is 6. The molecule has 0 aliphatic carbocycles. The van der Waals surface area contributed by atoms with E-state index in [-0.39, 0.29) is 21.7 Å². The summed E-state index contributed by atoms with van der Waals surface area (Å²) < 4.78 is 88.7. The largest absolute Gasteiger partial charge is 0.416 e. The Bertz CT molecular complexity index is 829. The van der Waals surface area contributed by atoms with Crippen molar-refractivity contribution >= 4 is 23.4 Å². The summed E-state index contributed by atoms with van der Waals surface area (Å²) in [5.74, 6) is -2.95. The molecule has 10 heteroatoms. The monoisotopic (exact) mass is 411 g/mol. The van der Waals surface area contributed by atoms with Crippen molar-refractivity contribution in [2.45, 2.75) is 24.2 Å². The first-order chi connectivity index (χ1) is 12.4. The molecule has 1 N–H and O–H groups in total. The smallest absolute Gasteiger partial charge is 0.319 e. The molecule has 0 saturated carbocycles. The predicted octanol–water partition coefficient (Wildman–Crippen LogP) is 6.06. The maximum absolute atomic E-state index is 14.0. The molecule has 0 aliphatic heterocycles. The minimum atomic E-state index is -4.57. The molecule has 0 radical (unpaired) electrons. The normalized spacial score (nSPS) is 12.1. The number of thioether (sulfide) groups is 1. The van der Waals surface area contributed by atoms with Gasteiger partial charge in [0.2, 0.25) is 0 Å². The SMILES string of the molecule is Cc1cc(F)c(NC(=O)c2ccc(C(F)(F)F)cc2)cc1SCC(F)(F)F. The second kappa shape index (κ2) is 7.79. The summed E-state index contributed by atoms with van der Waals surface area (Å²) in [7, 11) is 0. The lowest BCUT2D eigenvalue weighted by atomic mass is 10.1. The Morgan fingerprint density at radius 1 is 1.04 bits per heavy atom. The highest BCUT2D eigenvalue weighted by atomic mass is 32.2. The number of hydrogen-bond acceptors (Lipinski definition) is 2. The Balaban J connectivity index is 2.19. The number of rotatable bonds is 4. The third kappa shape index (κ3) is 5.88. The van der Waals surface area contributed by atoms with E-state index in [1.54, 1.807) is 0 Å². The minimum absolute atomic E-state index is 0.122. The van der Waals surface area contributed by atoms with Crippen molar-refractivity contribution < 1.29 is 35.5 Å². The lowest BCUT2D eigenvalue weighted by Gasteiger charge is -2.13. The van der Waals surface area contributed by atoms with Crippen molar-refractivity contribution in [1.29, 1.82) is 0 Å². The number of benzene rings is 2. The van der Waals surface area contributed by atoms with Crippen LogP contribution >= 0.6 is 11.8 Å². The Morgan fingerprint density at radius 2 is 1.63 bits per heavy atom. The minimum Gasteiger partial charge on any atom is -0.319 e. The maximum atomic E-state index is 14.0. The van der Waals surface area contributed by atoms with Gasteiger partial charge in [0.05, 0.1) is 17.0 Å². The number of anilines is 1. The van der Waals surface area contributed by atoms with Gasteiger partial charge in [-0.15, -0.1) is 11.8 Å². The van der Waals surface area contributed by atoms with Crippen molar-refractivity contribution in [2.24, 2.45) is 0 Å². The third-order valence-electron chi connectivity index (χ3n) is 3.38. The number of amides is 1. The van der Waals surface area contributed by atoms with E-state index in [9.17, 15) is 35.5 Å². The fourth-order valence-corrected chi connectivity index (χ4v) is 2.88. The highest BCUT2D eigenvalue weighted by Crippen LogP contribution is 2.33. The molecule has 2 aromatic rings. The van der Waals surface area contributed by atoms with Crippen molar-refractivity contribution in [3.8, 4) is 0 Å². The van der Waals surface area contributed by atoms with Gasteiger partial charge in [-0.2, -0.15) is 26.3 Å². The van der Waals surface area contributed by atoms with Gasteiger partial charge in [0.15, 0.2) is 0 Å². The fraction of sp³-hybridized carbons (Fsp3) is 0.235. The second-order valence-corrected chi connectivity index (χ2v) is 6.55. The van der Waals surface area contributed by atoms with Crippen LogP contribution in [0.3, 0.4) is 0 Å². The molecule has 0 atom stereocenters. The average molecular weight is 411 g/mol. The van der Waals surface area contributed by atoms with E-state index >= 15 is 0 Å². The summed E-state index contributed by atoms with van der Waals surface area (Å²) in [5.41, 5.74) is -1.22. The molecule has 2 aromatic carbocycles. The van der Waals surface area contributed by atoms with E-state index in [0.717, 1.165) is 24.3 Å². The zero-order chi connectivity index (χ0) is 20.4. The molecule has 0 aromatic heterocycles. The van der Waals surface area contributed by atoms with Crippen LogP contribution in [0.15, 0.2) is 41.3 Å². The van der Waals surface area contributed by atoms with E-state index < -0.39 is 35.4 Å². The van der Waals surface area contributed by atoms with E-state index in [1.165, 1.54) is 6.92 Å². The van der Waals surface area contributed by atoms with Crippen LogP contribution in [-0.2, 0) is 6.18 Å².